The van der Waals surface area contributed by atoms with Crippen molar-refractivity contribution in [3.05, 3.63) is 58.8 Å². The second kappa shape index (κ2) is 4.33. The van der Waals surface area contributed by atoms with E-state index in [4.69, 9.17) is 0 Å². The Balaban J connectivity index is 2.32. The quantitative estimate of drug-likeness (QED) is 0.443. The maximum absolute atomic E-state index is 11.0. The number of pyridine rings is 1. The summed E-state index contributed by atoms with van der Waals surface area (Å²) in [6.45, 7) is 0. The Hall–Kier alpha value is -2.47. The Bertz CT molecular complexity index is 768. The van der Waals surface area contributed by atoms with Gasteiger partial charge in [-0.1, -0.05) is 41.7 Å². The van der Waals surface area contributed by atoms with Gasteiger partial charge in [0.1, 0.15) is 0 Å². The number of benzene rings is 1. The van der Waals surface area contributed by atoms with E-state index in [0.29, 0.717) is 9.71 Å². The van der Waals surface area contributed by atoms with E-state index in [1.807, 2.05) is 30.3 Å². The Morgan fingerprint density at radius 2 is 1.89 bits per heavy atom. The molecule has 0 fully saturated rings. The molecule has 0 atom stereocenters. The van der Waals surface area contributed by atoms with E-state index in [2.05, 4.69) is 0 Å². The molecule has 0 saturated carbocycles. The number of hydrogen-bond acceptors (Lipinski definition) is 4. The van der Waals surface area contributed by atoms with E-state index in [1.54, 1.807) is 12.3 Å². The largest absolute Gasteiger partial charge is 0.458 e. The molecule has 6 heteroatoms. The Morgan fingerprint density at radius 3 is 2.58 bits per heavy atom. The van der Waals surface area contributed by atoms with Crippen LogP contribution in [-0.2, 0) is 0 Å². The van der Waals surface area contributed by atoms with Gasteiger partial charge in [0.2, 0.25) is 0 Å². The van der Waals surface area contributed by atoms with Crippen LogP contribution < -0.4 is 4.40 Å². The molecule has 3 rings (SSSR count). The third-order valence-corrected chi connectivity index (χ3v) is 4.01. The SMILES string of the molecule is O=[N+]([O-])c1ccc[n+]2c(O)c(-c3ccccc3)sc12. The summed E-state index contributed by atoms with van der Waals surface area (Å²) in [5.41, 5.74) is 0.827. The minimum Gasteiger partial charge on any atom is -0.458 e. The molecule has 2 heterocycles. The molecular formula is C13H9N2O3S+. The minimum absolute atomic E-state index is 0.00928. The smallest absolute Gasteiger partial charge is 0.390 e. The molecule has 0 bridgehead atoms. The standard InChI is InChI=1S/C13H8N2O3S/c16-12-11(9-5-2-1-3-6-9)19-13-10(15(17)18)7-4-8-14(12)13/h1-8H/p+1. The normalized spacial score (nSPS) is 10.7. The number of aromatic nitrogens is 1. The maximum Gasteiger partial charge on any atom is 0.390 e. The lowest BCUT2D eigenvalue weighted by atomic mass is 10.2. The van der Waals surface area contributed by atoms with Gasteiger partial charge in [-0.05, 0) is 0 Å². The highest BCUT2D eigenvalue weighted by molar-refractivity contribution is 7.20. The van der Waals surface area contributed by atoms with Gasteiger partial charge in [-0.25, -0.2) is 0 Å². The lowest BCUT2D eigenvalue weighted by Gasteiger charge is -1.92. The molecule has 2 aromatic heterocycles. The summed E-state index contributed by atoms with van der Waals surface area (Å²) in [5, 5.41) is 21.2. The van der Waals surface area contributed by atoms with E-state index >= 15 is 0 Å². The van der Waals surface area contributed by atoms with Gasteiger partial charge in [-0.15, -0.1) is 4.40 Å². The summed E-state index contributed by atoms with van der Waals surface area (Å²) < 4.78 is 1.44. The zero-order valence-electron chi connectivity index (χ0n) is 9.69. The second-order valence-electron chi connectivity index (χ2n) is 3.95. The fourth-order valence-corrected chi connectivity index (χ4v) is 3.05. The van der Waals surface area contributed by atoms with Crippen molar-refractivity contribution in [1.82, 2.24) is 0 Å². The van der Waals surface area contributed by atoms with Crippen molar-refractivity contribution in [1.29, 1.82) is 0 Å². The predicted octanol–water partition coefficient (Wildman–Crippen LogP) is 2.77. The van der Waals surface area contributed by atoms with Crippen molar-refractivity contribution < 1.29 is 14.4 Å². The van der Waals surface area contributed by atoms with Crippen molar-refractivity contribution in [2.45, 2.75) is 0 Å². The van der Waals surface area contributed by atoms with Crippen LogP contribution in [0.2, 0.25) is 0 Å². The second-order valence-corrected chi connectivity index (χ2v) is 4.95. The molecule has 0 spiro atoms. The zero-order chi connectivity index (χ0) is 13.4. The number of aromatic hydroxyl groups is 1. The van der Waals surface area contributed by atoms with Crippen LogP contribution >= 0.6 is 11.3 Å². The van der Waals surface area contributed by atoms with E-state index in [1.165, 1.54) is 21.8 Å². The molecule has 0 saturated heterocycles. The lowest BCUT2D eigenvalue weighted by molar-refractivity contribution is -0.523. The molecule has 19 heavy (non-hydrogen) atoms. The molecule has 5 nitrogen and oxygen atoms in total. The van der Waals surface area contributed by atoms with Gasteiger partial charge in [-0.2, -0.15) is 0 Å². The van der Waals surface area contributed by atoms with Crippen LogP contribution in [0.1, 0.15) is 0 Å². The van der Waals surface area contributed by atoms with Crippen LogP contribution in [0.5, 0.6) is 5.88 Å². The van der Waals surface area contributed by atoms with Crippen molar-refractivity contribution in [2.24, 2.45) is 0 Å². The first-order valence-electron chi connectivity index (χ1n) is 5.54. The monoisotopic (exact) mass is 273 g/mol. The molecule has 0 aliphatic heterocycles. The highest BCUT2D eigenvalue weighted by atomic mass is 32.1. The molecule has 0 radical (unpaired) electrons. The topological polar surface area (TPSA) is 67.5 Å². The summed E-state index contributed by atoms with van der Waals surface area (Å²) in [5.74, 6) is 0.0231. The number of rotatable bonds is 2. The number of nitrogens with zero attached hydrogens (tertiary/aromatic N) is 2. The van der Waals surface area contributed by atoms with Crippen LogP contribution in [0, 0.1) is 10.1 Å². The summed E-state index contributed by atoms with van der Waals surface area (Å²) in [4.78, 5) is 11.6. The summed E-state index contributed by atoms with van der Waals surface area (Å²) >= 11 is 1.20. The summed E-state index contributed by atoms with van der Waals surface area (Å²) in [6.07, 6.45) is 1.61. The molecule has 0 aliphatic rings. The number of thiazole rings is 1. The first-order chi connectivity index (χ1) is 9.18. The van der Waals surface area contributed by atoms with Gasteiger partial charge in [0.05, 0.1) is 4.92 Å². The van der Waals surface area contributed by atoms with Crippen LogP contribution in [0.4, 0.5) is 5.69 Å². The van der Waals surface area contributed by atoms with Gasteiger partial charge in [0.15, 0.2) is 11.1 Å². The average molecular weight is 273 g/mol. The summed E-state index contributed by atoms with van der Waals surface area (Å²) in [7, 11) is 0. The summed E-state index contributed by atoms with van der Waals surface area (Å²) in [6, 6.07) is 12.3. The molecule has 1 N–H and O–H groups in total. The molecule has 0 aliphatic carbocycles. The van der Waals surface area contributed by atoms with Crippen LogP contribution in [-0.4, -0.2) is 10.0 Å². The number of fused-ring (bicyclic) bond motifs is 1. The highest BCUT2D eigenvalue weighted by Crippen LogP contribution is 2.36. The fraction of sp³-hybridized carbons (Fsp3) is 0. The highest BCUT2D eigenvalue weighted by Gasteiger charge is 2.28. The maximum atomic E-state index is 11.0. The van der Waals surface area contributed by atoms with Gasteiger partial charge < -0.3 is 5.11 Å². The molecule has 3 aromatic rings. The Morgan fingerprint density at radius 1 is 1.16 bits per heavy atom. The van der Waals surface area contributed by atoms with E-state index in [9.17, 15) is 15.2 Å². The first kappa shape index (κ1) is 11.6. The van der Waals surface area contributed by atoms with Gasteiger partial charge in [-0.3, -0.25) is 10.1 Å². The Kier molecular flexibility index (Phi) is 2.64. The Labute approximate surface area is 112 Å². The minimum atomic E-state index is -0.444. The van der Waals surface area contributed by atoms with Crippen molar-refractivity contribution in [3.8, 4) is 16.3 Å². The van der Waals surface area contributed by atoms with Crippen molar-refractivity contribution >= 4 is 21.9 Å². The van der Waals surface area contributed by atoms with Gasteiger partial charge >= 0.3 is 16.4 Å². The fourth-order valence-electron chi connectivity index (χ4n) is 1.92. The molecule has 0 unspecified atom stereocenters. The van der Waals surface area contributed by atoms with E-state index < -0.39 is 4.92 Å². The number of hydrogen-bond donors (Lipinski definition) is 1. The van der Waals surface area contributed by atoms with Crippen LogP contribution in [0.25, 0.3) is 15.3 Å². The molecule has 94 valence electrons. The third kappa shape index (κ3) is 1.82. The first-order valence-corrected chi connectivity index (χ1v) is 6.36. The molecule has 1 aromatic carbocycles. The predicted molar refractivity (Wildman–Crippen MR) is 71.2 cm³/mol. The average Bonchev–Trinajstić information content (AvgIpc) is 2.77. The lowest BCUT2D eigenvalue weighted by Crippen LogP contribution is -2.18. The molecule has 0 amide bonds. The van der Waals surface area contributed by atoms with Crippen LogP contribution in [0.3, 0.4) is 0 Å². The van der Waals surface area contributed by atoms with Gasteiger partial charge in [0.25, 0.3) is 0 Å². The van der Waals surface area contributed by atoms with E-state index in [-0.39, 0.29) is 11.6 Å². The zero-order valence-corrected chi connectivity index (χ0v) is 10.5. The van der Waals surface area contributed by atoms with Gasteiger partial charge in [0, 0.05) is 17.7 Å². The molecular weight excluding hydrogens is 264 g/mol. The number of nitro groups is 1. The van der Waals surface area contributed by atoms with Crippen molar-refractivity contribution in [3.63, 3.8) is 0 Å². The van der Waals surface area contributed by atoms with E-state index in [0.717, 1.165) is 5.56 Å². The van der Waals surface area contributed by atoms with Crippen LogP contribution in [0.15, 0.2) is 48.7 Å². The third-order valence-electron chi connectivity index (χ3n) is 2.79. The van der Waals surface area contributed by atoms with Crippen molar-refractivity contribution in [2.75, 3.05) is 0 Å².